The number of carbonyl (C=O) groups excluding carboxylic acids is 1. The van der Waals surface area contributed by atoms with Gasteiger partial charge < -0.3 is 20.6 Å². The van der Waals surface area contributed by atoms with E-state index in [1.165, 1.54) is 0 Å². The van der Waals surface area contributed by atoms with Crippen molar-refractivity contribution in [3.63, 3.8) is 0 Å². The molecule has 0 aliphatic carbocycles. The molecule has 0 aromatic heterocycles. The van der Waals surface area contributed by atoms with E-state index in [2.05, 4.69) is 0 Å². The van der Waals surface area contributed by atoms with Gasteiger partial charge in [-0.15, -0.1) is 0 Å². The lowest BCUT2D eigenvalue weighted by molar-refractivity contribution is -0.134. The predicted molar refractivity (Wildman–Crippen MR) is 75.7 cm³/mol. The highest BCUT2D eigenvalue weighted by Crippen LogP contribution is 2.20. The fourth-order valence-electron chi connectivity index (χ4n) is 2.34. The van der Waals surface area contributed by atoms with Crippen LogP contribution in [0, 0.1) is 0 Å². The molecule has 1 aliphatic heterocycles. The van der Waals surface area contributed by atoms with E-state index < -0.39 is 12.1 Å². The molecule has 0 spiro atoms. The molecule has 0 radical (unpaired) electrons. The smallest absolute Gasteiger partial charge is 0.239 e. The number of aliphatic hydroxyl groups excluding tert-OH is 1. The highest BCUT2D eigenvalue weighted by Gasteiger charge is 2.36. The maximum absolute atomic E-state index is 12.3. The number of nitrogens with two attached hydrogens (primary N) is 1. The van der Waals surface area contributed by atoms with Crippen LogP contribution >= 0.6 is 11.8 Å². The first-order valence-corrected chi connectivity index (χ1v) is 7.73. The van der Waals surface area contributed by atoms with Crippen molar-refractivity contribution in [1.29, 1.82) is 0 Å². The third-order valence-corrected chi connectivity index (χ3v) is 3.85. The summed E-state index contributed by atoms with van der Waals surface area (Å²) >= 11 is 1.69. The van der Waals surface area contributed by atoms with Crippen LogP contribution in [0.4, 0.5) is 0 Å². The molecule has 1 amide bonds. The molecule has 3 N–H and O–H groups in total. The molecule has 106 valence electrons. The minimum absolute atomic E-state index is 0.0209. The average Bonchev–Trinajstić information content (AvgIpc) is 2.65. The molecule has 0 saturated carbocycles. The minimum Gasteiger partial charge on any atom is -0.391 e. The number of carbonyl (C=O) groups is 1. The van der Waals surface area contributed by atoms with Crippen LogP contribution in [0.25, 0.3) is 0 Å². The number of thioether (sulfide) groups is 1. The molecule has 3 atom stereocenters. The van der Waals surface area contributed by atoms with Crippen LogP contribution in [0.15, 0.2) is 0 Å². The molecule has 1 rings (SSSR count). The van der Waals surface area contributed by atoms with Crippen LogP contribution in [-0.4, -0.2) is 78.2 Å². The third-order valence-electron chi connectivity index (χ3n) is 3.20. The zero-order valence-corrected chi connectivity index (χ0v) is 12.3. The molecule has 6 heteroatoms. The first kappa shape index (κ1) is 15.8. The quantitative estimate of drug-likeness (QED) is 0.690. The fraction of sp³-hybridized carbons (Fsp3) is 0.917. The Morgan fingerprint density at radius 1 is 1.61 bits per heavy atom. The van der Waals surface area contributed by atoms with Crippen molar-refractivity contribution in [2.24, 2.45) is 5.73 Å². The van der Waals surface area contributed by atoms with Gasteiger partial charge in [-0.05, 0) is 38.9 Å². The van der Waals surface area contributed by atoms with Crippen LogP contribution in [-0.2, 0) is 4.79 Å². The van der Waals surface area contributed by atoms with Crippen molar-refractivity contribution < 1.29 is 9.90 Å². The van der Waals surface area contributed by atoms with E-state index in [4.69, 9.17) is 5.73 Å². The summed E-state index contributed by atoms with van der Waals surface area (Å²) in [6.07, 6.45) is 2.94. The van der Waals surface area contributed by atoms with E-state index in [1.54, 1.807) is 16.7 Å². The summed E-state index contributed by atoms with van der Waals surface area (Å²) in [7, 11) is 3.95. The Bertz CT molecular complexity index is 276. The largest absolute Gasteiger partial charge is 0.391 e. The summed E-state index contributed by atoms with van der Waals surface area (Å²) in [5.74, 6) is 0.870. The second kappa shape index (κ2) is 7.33. The predicted octanol–water partition coefficient (Wildman–Crippen LogP) is -0.410. The van der Waals surface area contributed by atoms with E-state index in [-0.39, 0.29) is 11.9 Å². The minimum atomic E-state index is -0.438. The van der Waals surface area contributed by atoms with Gasteiger partial charge in [0.05, 0.1) is 12.1 Å². The van der Waals surface area contributed by atoms with Gasteiger partial charge in [-0.2, -0.15) is 11.8 Å². The molecular formula is C12H25N3O2S. The number of hydrogen-bond acceptors (Lipinski definition) is 5. The molecule has 18 heavy (non-hydrogen) atoms. The summed E-state index contributed by atoms with van der Waals surface area (Å²) in [4.78, 5) is 16.0. The van der Waals surface area contributed by atoms with Crippen LogP contribution < -0.4 is 5.73 Å². The van der Waals surface area contributed by atoms with Crippen LogP contribution in [0.3, 0.4) is 0 Å². The molecule has 2 unspecified atom stereocenters. The van der Waals surface area contributed by atoms with Crippen LogP contribution in [0.2, 0.25) is 0 Å². The number of hydrogen-bond donors (Lipinski definition) is 2. The van der Waals surface area contributed by atoms with E-state index in [0.717, 1.165) is 12.3 Å². The SMILES string of the molecule is CSCC[C@H](N)C(=O)N1CC(O)CC1CN(C)C. The van der Waals surface area contributed by atoms with Gasteiger partial charge in [0, 0.05) is 19.1 Å². The molecule has 1 saturated heterocycles. The summed E-state index contributed by atoms with van der Waals surface area (Å²) < 4.78 is 0. The summed E-state index contributed by atoms with van der Waals surface area (Å²) in [5.41, 5.74) is 5.92. The van der Waals surface area contributed by atoms with Crippen molar-refractivity contribution in [3.8, 4) is 0 Å². The molecule has 5 nitrogen and oxygen atoms in total. The maximum Gasteiger partial charge on any atom is 0.239 e. The Morgan fingerprint density at radius 3 is 2.83 bits per heavy atom. The van der Waals surface area contributed by atoms with E-state index in [0.29, 0.717) is 19.4 Å². The lowest BCUT2D eigenvalue weighted by atomic mass is 10.1. The monoisotopic (exact) mass is 275 g/mol. The number of likely N-dealkylation sites (tertiary alicyclic amines) is 1. The Labute approximate surface area is 114 Å². The van der Waals surface area contributed by atoms with E-state index in [9.17, 15) is 9.90 Å². The average molecular weight is 275 g/mol. The number of nitrogens with zero attached hydrogens (tertiary/aromatic N) is 2. The van der Waals surface area contributed by atoms with Crippen molar-refractivity contribution in [3.05, 3.63) is 0 Å². The van der Waals surface area contributed by atoms with E-state index in [1.807, 2.05) is 25.3 Å². The van der Waals surface area contributed by atoms with Crippen molar-refractivity contribution >= 4 is 17.7 Å². The zero-order valence-electron chi connectivity index (χ0n) is 11.5. The highest BCUT2D eigenvalue weighted by molar-refractivity contribution is 7.98. The van der Waals surface area contributed by atoms with Gasteiger partial charge in [0.2, 0.25) is 5.91 Å². The van der Waals surface area contributed by atoms with Crippen molar-refractivity contribution in [1.82, 2.24) is 9.80 Å². The normalized spacial score (nSPS) is 25.8. The van der Waals surface area contributed by atoms with Crippen molar-refractivity contribution in [2.45, 2.75) is 31.0 Å². The number of rotatable bonds is 6. The number of aliphatic hydroxyl groups is 1. The highest BCUT2D eigenvalue weighted by atomic mass is 32.2. The number of β-amino-alcohol motifs (C(OH)–C–C–N with tert-alkyl or cyclic N) is 1. The summed E-state index contributed by atoms with van der Waals surface area (Å²) in [5, 5.41) is 9.73. The third kappa shape index (κ3) is 4.42. The number of likely N-dealkylation sites (N-methyl/N-ethyl adjacent to an activating group) is 1. The van der Waals surface area contributed by atoms with Crippen LogP contribution in [0.1, 0.15) is 12.8 Å². The molecule has 0 aromatic rings. The molecule has 1 heterocycles. The number of amides is 1. The standard InChI is InChI=1S/C12H25N3O2S/c1-14(2)7-9-6-10(16)8-15(9)12(17)11(13)4-5-18-3/h9-11,16H,4-8,13H2,1-3H3/t9?,10?,11-/m0/s1. The lowest BCUT2D eigenvalue weighted by Gasteiger charge is -2.29. The van der Waals surface area contributed by atoms with Gasteiger partial charge in [-0.3, -0.25) is 4.79 Å². The molecule has 1 fully saturated rings. The van der Waals surface area contributed by atoms with E-state index >= 15 is 0 Å². The molecule has 0 aromatic carbocycles. The second-order valence-corrected chi connectivity index (χ2v) is 6.17. The van der Waals surface area contributed by atoms with Crippen molar-refractivity contribution in [2.75, 3.05) is 39.2 Å². The summed E-state index contributed by atoms with van der Waals surface area (Å²) in [6.45, 7) is 1.20. The van der Waals surface area contributed by atoms with Crippen LogP contribution in [0.5, 0.6) is 0 Å². The second-order valence-electron chi connectivity index (χ2n) is 5.18. The van der Waals surface area contributed by atoms with Gasteiger partial charge in [0.25, 0.3) is 0 Å². The lowest BCUT2D eigenvalue weighted by Crippen LogP contribution is -2.49. The first-order chi connectivity index (χ1) is 8.45. The van der Waals surface area contributed by atoms with Gasteiger partial charge in [-0.1, -0.05) is 0 Å². The van der Waals surface area contributed by atoms with Gasteiger partial charge in [0.1, 0.15) is 0 Å². The Morgan fingerprint density at radius 2 is 2.28 bits per heavy atom. The fourth-order valence-corrected chi connectivity index (χ4v) is 2.83. The Hall–Kier alpha value is -0.300. The topological polar surface area (TPSA) is 69.8 Å². The summed E-state index contributed by atoms with van der Waals surface area (Å²) in [6, 6.07) is -0.352. The first-order valence-electron chi connectivity index (χ1n) is 6.33. The Balaban J connectivity index is 2.58. The maximum atomic E-state index is 12.3. The molecule has 1 aliphatic rings. The van der Waals surface area contributed by atoms with Gasteiger partial charge >= 0.3 is 0 Å². The Kier molecular flexibility index (Phi) is 6.42. The van der Waals surface area contributed by atoms with Gasteiger partial charge in [0.15, 0.2) is 0 Å². The van der Waals surface area contributed by atoms with Gasteiger partial charge in [-0.25, -0.2) is 0 Å². The molecular weight excluding hydrogens is 250 g/mol. The molecule has 0 bridgehead atoms. The zero-order chi connectivity index (χ0) is 13.7.